The summed E-state index contributed by atoms with van der Waals surface area (Å²) in [6, 6.07) is 7.98. The van der Waals surface area contributed by atoms with Crippen molar-refractivity contribution in [3.63, 3.8) is 0 Å². The molecule has 1 aromatic heterocycles. The molecule has 0 aliphatic rings. The van der Waals surface area contributed by atoms with Crippen LogP contribution in [0, 0.1) is 0 Å². The highest BCUT2D eigenvalue weighted by atomic mass is 35.5. The monoisotopic (exact) mass is 318 g/mol. The zero-order valence-electron chi connectivity index (χ0n) is 11.3. The summed E-state index contributed by atoms with van der Waals surface area (Å²) in [5.74, 6) is 0.0776. The number of rotatable bonds is 6. The number of nitrogens with zero attached hydrogens (tertiary/aromatic N) is 2. The van der Waals surface area contributed by atoms with Gasteiger partial charge in [-0.25, -0.2) is 4.98 Å². The van der Waals surface area contributed by atoms with E-state index in [9.17, 15) is 4.79 Å². The van der Waals surface area contributed by atoms with E-state index in [1.165, 1.54) is 0 Å². The molecule has 112 valence electrons. The lowest BCUT2D eigenvalue weighted by molar-refractivity contribution is -0.121. The summed E-state index contributed by atoms with van der Waals surface area (Å²) in [5, 5.41) is 5.84. The quantitative estimate of drug-likeness (QED) is 0.850. The maximum absolute atomic E-state index is 11.4. The highest BCUT2D eigenvalue weighted by molar-refractivity contribution is 5.85. The van der Waals surface area contributed by atoms with E-state index in [-0.39, 0.29) is 30.7 Å². The zero-order valence-corrected chi connectivity index (χ0v) is 13.0. The average Bonchev–Trinajstić information content (AvgIpc) is 2.80. The standard InChI is InChI=1S/C13H18N4O.2ClH/c1-14-7-6-13(18)15-8-9-17-10-16-11-4-2-3-5-12(11)17;;/h2-5,10,14H,6-9H2,1H3,(H,15,18);2*1H. The van der Waals surface area contributed by atoms with E-state index in [4.69, 9.17) is 0 Å². The lowest BCUT2D eigenvalue weighted by atomic mass is 10.3. The van der Waals surface area contributed by atoms with Crippen LogP contribution in [-0.2, 0) is 11.3 Å². The smallest absolute Gasteiger partial charge is 0.221 e. The first kappa shape index (κ1) is 18.7. The molecule has 0 unspecified atom stereocenters. The van der Waals surface area contributed by atoms with Gasteiger partial charge in [0.25, 0.3) is 0 Å². The Morgan fingerprint density at radius 2 is 2.00 bits per heavy atom. The van der Waals surface area contributed by atoms with Crippen LogP contribution in [0.2, 0.25) is 0 Å². The molecule has 0 aliphatic carbocycles. The molecule has 0 spiro atoms. The highest BCUT2D eigenvalue weighted by Crippen LogP contribution is 2.10. The zero-order chi connectivity index (χ0) is 12.8. The van der Waals surface area contributed by atoms with Crippen LogP contribution in [0.25, 0.3) is 11.0 Å². The molecule has 2 aromatic rings. The lowest BCUT2D eigenvalue weighted by Gasteiger charge is -2.06. The topological polar surface area (TPSA) is 59.0 Å². The SMILES string of the molecule is CNCCC(=O)NCCn1cnc2ccccc21.Cl.Cl. The molecule has 0 atom stereocenters. The first-order valence-electron chi connectivity index (χ1n) is 6.12. The molecule has 0 aliphatic heterocycles. The van der Waals surface area contributed by atoms with E-state index in [0.717, 1.165) is 17.6 Å². The number of hydrogen-bond acceptors (Lipinski definition) is 3. The Morgan fingerprint density at radius 3 is 2.75 bits per heavy atom. The summed E-state index contributed by atoms with van der Waals surface area (Å²) in [5.41, 5.74) is 2.08. The van der Waals surface area contributed by atoms with E-state index in [1.54, 1.807) is 0 Å². The van der Waals surface area contributed by atoms with E-state index in [1.807, 2.05) is 42.2 Å². The second kappa shape index (κ2) is 9.58. The molecular formula is C13H20Cl2N4O. The Hall–Kier alpha value is -1.30. The fraction of sp³-hybridized carbons (Fsp3) is 0.385. The third-order valence-electron chi connectivity index (χ3n) is 2.80. The van der Waals surface area contributed by atoms with E-state index in [2.05, 4.69) is 15.6 Å². The lowest BCUT2D eigenvalue weighted by Crippen LogP contribution is -2.29. The van der Waals surface area contributed by atoms with Crippen molar-refractivity contribution in [3.8, 4) is 0 Å². The predicted molar refractivity (Wildman–Crippen MR) is 85.8 cm³/mol. The van der Waals surface area contributed by atoms with E-state index in [0.29, 0.717) is 19.5 Å². The van der Waals surface area contributed by atoms with Crippen molar-refractivity contribution in [2.45, 2.75) is 13.0 Å². The highest BCUT2D eigenvalue weighted by Gasteiger charge is 2.02. The van der Waals surface area contributed by atoms with Gasteiger partial charge in [0.05, 0.1) is 17.4 Å². The Balaban J connectivity index is 0.00000180. The fourth-order valence-corrected chi connectivity index (χ4v) is 1.83. The van der Waals surface area contributed by atoms with E-state index < -0.39 is 0 Å². The second-order valence-corrected chi connectivity index (χ2v) is 4.13. The van der Waals surface area contributed by atoms with Crippen LogP contribution in [0.1, 0.15) is 6.42 Å². The molecule has 2 rings (SSSR count). The van der Waals surface area contributed by atoms with Gasteiger partial charge in [0.15, 0.2) is 0 Å². The number of aromatic nitrogens is 2. The maximum Gasteiger partial charge on any atom is 0.221 e. The minimum Gasteiger partial charge on any atom is -0.354 e. The number of halogens is 2. The van der Waals surface area contributed by atoms with Gasteiger partial charge in [-0.15, -0.1) is 24.8 Å². The van der Waals surface area contributed by atoms with Crippen molar-refractivity contribution in [3.05, 3.63) is 30.6 Å². The molecule has 0 fully saturated rings. The molecule has 20 heavy (non-hydrogen) atoms. The predicted octanol–water partition coefficient (Wildman–Crippen LogP) is 1.61. The molecular weight excluding hydrogens is 299 g/mol. The molecule has 1 amide bonds. The summed E-state index contributed by atoms with van der Waals surface area (Å²) in [6.45, 7) is 2.08. The van der Waals surface area contributed by atoms with Crippen molar-refractivity contribution in [1.29, 1.82) is 0 Å². The van der Waals surface area contributed by atoms with Gasteiger partial charge in [-0.05, 0) is 19.2 Å². The number of nitrogens with one attached hydrogen (secondary N) is 2. The normalized spacial score (nSPS) is 9.65. The van der Waals surface area contributed by atoms with E-state index >= 15 is 0 Å². The summed E-state index contributed by atoms with van der Waals surface area (Å²) < 4.78 is 2.05. The average molecular weight is 319 g/mol. The van der Waals surface area contributed by atoms with Crippen LogP contribution in [0.3, 0.4) is 0 Å². The molecule has 1 aromatic carbocycles. The van der Waals surface area contributed by atoms with Crippen LogP contribution < -0.4 is 10.6 Å². The van der Waals surface area contributed by atoms with Crippen LogP contribution in [0.5, 0.6) is 0 Å². The Kier molecular flexibility index (Phi) is 8.96. The number of benzene rings is 1. The number of amides is 1. The number of para-hydroxylation sites is 2. The van der Waals surface area contributed by atoms with Gasteiger partial charge in [-0.1, -0.05) is 12.1 Å². The van der Waals surface area contributed by atoms with Gasteiger partial charge in [0.1, 0.15) is 0 Å². The van der Waals surface area contributed by atoms with Gasteiger partial charge in [-0.2, -0.15) is 0 Å². The molecule has 0 saturated carbocycles. The van der Waals surface area contributed by atoms with Gasteiger partial charge >= 0.3 is 0 Å². The van der Waals surface area contributed by atoms with Crippen molar-refractivity contribution in [2.75, 3.05) is 20.1 Å². The summed E-state index contributed by atoms with van der Waals surface area (Å²) in [7, 11) is 1.84. The molecule has 5 nitrogen and oxygen atoms in total. The molecule has 2 N–H and O–H groups in total. The Morgan fingerprint density at radius 1 is 1.25 bits per heavy atom. The number of carbonyl (C=O) groups excluding carboxylic acids is 1. The van der Waals surface area contributed by atoms with Crippen LogP contribution in [-0.4, -0.2) is 35.6 Å². The first-order valence-corrected chi connectivity index (χ1v) is 6.12. The number of imidazole rings is 1. The van der Waals surface area contributed by atoms with Crippen molar-refractivity contribution < 1.29 is 4.79 Å². The maximum atomic E-state index is 11.4. The summed E-state index contributed by atoms with van der Waals surface area (Å²) >= 11 is 0. The number of carbonyl (C=O) groups is 1. The fourth-order valence-electron chi connectivity index (χ4n) is 1.83. The largest absolute Gasteiger partial charge is 0.354 e. The van der Waals surface area contributed by atoms with Gasteiger partial charge in [0, 0.05) is 26.1 Å². The second-order valence-electron chi connectivity index (χ2n) is 4.13. The molecule has 0 saturated heterocycles. The minimum absolute atomic E-state index is 0. The van der Waals surface area contributed by atoms with Crippen LogP contribution in [0.4, 0.5) is 0 Å². The third-order valence-corrected chi connectivity index (χ3v) is 2.80. The summed E-state index contributed by atoms with van der Waals surface area (Å²) in [6.07, 6.45) is 2.32. The molecule has 1 heterocycles. The summed E-state index contributed by atoms with van der Waals surface area (Å²) in [4.78, 5) is 15.7. The Bertz CT molecular complexity index is 530. The molecule has 0 radical (unpaired) electrons. The van der Waals surface area contributed by atoms with Crippen LogP contribution >= 0.6 is 24.8 Å². The molecule has 7 heteroatoms. The molecule has 0 bridgehead atoms. The van der Waals surface area contributed by atoms with Crippen molar-refractivity contribution in [1.82, 2.24) is 20.2 Å². The van der Waals surface area contributed by atoms with Crippen molar-refractivity contribution in [2.24, 2.45) is 0 Å². The van der Waals surface area contributed by atoms with Gasteiger partial charge < -0.3 is 15.2 Å². The van der Waals surface area contributed by atoms with Crippen molar-refractivity contribution >= 4 is 41.8 Å². The number of fused-ring (bicyclic) bond motifs is 1. The van der Waals surface area contributed by atoms with Gasteiger partial charge in [0.2, 0.25) is 5.91 Å². The Labute approximate surface area is 131 Å². The first-order chi connectivity index (χ1) is 8.81. The third kappa shape index (κ3) is 5.00. The minimum atomic E-state index is 0. The number of hydrogen-bond donors (Lipinski definition) is 2. The van der Waals surface area contributed by atoms with Gasteiger partial charge in [-0.3, -0.25) is 4.79 Å². The van der Waals surface area contributed by atoms with Crippen LogP contribution in [0.15, 0.2) is 30.6 Å².